The Labute approximate surface area is 92.1 Å². The van der Waals surface area contributed by atoms with E-state index in [2.05, 4.69) is 43.0 Å². The van der Waals surface area contributed by atoms with Gasteiger partial charge in [0.1, 0.15) is 0 Å². The first-order chi connectivity index (χ1) is 7.27. The van der Waals surface area contributed by atoms with Crippen LogP contribution < -0.4 is 4.90 Å². The van der Waals surface area contributed by atoms with Gasteiger partial charge in [0.25, 0.3) is 0 Å². The summed E-state index contributed by atoms with van der Waals surface area (Å²) in [4.78, 5) is 2.67. The van der Waals surface area contributed by atoms with Crippen molar-refractivity contribution in [1.29, 1.82) is 0 Å². The maximum Gasteiger partial charge on any atom is 0.0400 e. The highest BCUT2D eigenvalue weighted by molar-refractivity contribution is 5.56. The van der Waals surface area contributed by atoms with Crippen LogP contribution in [-0.2, 0) is 0 Å². The molecule has 1 aliphatic carbocycles. The molecule has 0 spiro atoms. The molecule has 0 N–H and O–H groups in total. The van der Waals surface area contributed by atoms with Gasteiger partial charge in [-0.05, 0) is 50.7 Å². The van der Waals surface area contributed by atoms with Gasteiger partial charge in [0.2, 0.25) is 0 Å². The lowest BCUT2D eigenvalue weighted by atomic mass is 9.99. The van der Waals surface area contributed by atoms with Crippen LogP contribution in [0, 0.1) is 12.8 Å². The maximum atomic E-state index is 2.67. The molecule has 2 bridgehead atoms. The monoisotopic (exact) mass is 201 g/mol. The van der Waals surface area contributed by atoms with Gasteiger partial charge < -0.3 is 4.90 Å². The SMILES string of the molecule is Cc1ccccc1N1C2CCC(C2)[C@@H]1C. The van der Waals surface area contributed by atoms with Gasteiger partial charge >= 0.3 is 0 Å². The van der Waals surface area contributed by atoms with Crippen LogP contribution in [0.4, 0.5) is 5.69 Å². The molecule has 15 heavy (non-hydrogen) atoms. The summed E-state index contributed by atoms with van der Waals surface area (Å²) in [5.74, 6) is 0.953. The van der Waals surface area contributed by atoms with Gasteiger partial charge in [-0.15, -0.1) is 0 Å². The molecule has 80 valence electrons. The summed E-state index contributed by atoms with van der Waals surface area (Å²) in [5, 5.41) is 0. The van der Waals surface area contributed by atoms with E-state index >= 15 is 0 Å². The molecule has 1 aromatic carbocycles. The lowest BCUT2D eigenvalue weighted by Crippen LogP contribution is -2.39. The molecule has 1 saturated heterocycles. The molecular formula is C14H19N. The van der Waals surface area contributed by atoms with Gasteiger partial charge in [-0.1, -0.05) is 18.2 Å². The molecule has 2 unspecified atom stereocenters. The second-order valence-electron chi connectivity index (χ2n) is 5.16. The van der Waals surface area contributed by atoms with Crippen molar-refractivity contribution >= 4 is 5.69 Å². The molecule has 0 amide bonds. The van der Waals surface area contributed by atoms with Crippen molar-refractivity contribution in [3.8, 4) is 0 Å². The number of fused-ring (bicyclic) bond motifs is 2. The summed E-state index contributed by atoms with van der Waals surface area (Å²) in [7, 11) is 0. The number of piperidine rings is 1. The molecule has 1 aliphatic heterocycles. The molecule has 0 radical (unpaired) electrons. The molecule has 1 saturated carbocycles. The highest BCUT2D eigenvalue weighted by atomic mass is 15.2. The Bertz CT molecular complexity index is 369. The van der Waals surface area contributed by atoms with Crippen molar-refractivity contribution in [2.45, 2.75) is 45.2 Å². The number of para-hydroxylation sites is 1. The number of aryl methyl sites for hydroxylation is 1. The minimum Gasteiger partial charge on any atom is -0.365 e. The minimum absolute atomic E-state index is 0.754. The van der Waals surface area contributed by atoms with E-state index in [1.807, 2.05) is 0 Å². The van der Waals surface area contributed by atoms with E-state index in [0.29, 0.717) is 0 Å². The largest absolute Gasteiger partial charge is 0.365 e. The number of benzene rings is 1. The van der Waals surface area contributed by atoms with Gasteiger partial charge in [0, 0.05) is 17.8 Å². The predicted molar refractivity (Wildman–Crippen MR) is 64.2 cm³/mol. The third-order valence-electron chi connectivity index (χ3n) is 4.35. The van der Waals surface area contributed by atoms with Gasteiger partial charge in [-0.2, -0.15) is 0 Å². The fourth-order valence-electron chi connectivity index (χ4n) is 3.51. The number of hydrogen-bond acceptors (Lipinski definition) is 1. The lowest BCUT2D eigenvalue weighted by molar-refractivity contribution is 0.453. The molecule has 1 nitrogen and oxygen atoms in total. The van der Waals surface area contributed by atoms with Crippen molar-refractivity contribution in [2.75, 3.05) is 4.90 Å². The smallest absolute Gasteiger partial charge is 0.0400 e. The average Bonchev–Trinajstić information content (AvgIpc) is 2.80. The number of hydrogen-bond donors (Lipinski definition) is 0. The first kappa shape index (κ1) is 9.26. The Morgan fingerprint density at radius 2 is 2.00 bits per heavy atom. The fourth-order valence-corrected chi connectivity index (χ4v) is 3.51. The van der Waals surface area contributed by atoms with Crippen LogP contribution in [0.2, 0.25) is 0 Å². The summed E-state index contributed by atoms with van der Waals surface area (Å²) in [6.45, 7) is 4.63. The quantitative estimate of drug-likeness (QED) is 0.673. The van der Waals surface area contributed by atoms with Gasteiger partial charge in [-0.25, -0.2) is 0 Å². The molecular weight excluding hydrogens is 182 g/mol. The first-order valence-corrected chi connectivity index (χ1v) is 6.11. The van der Waals surface area contributed by atoms with E-state index in [-0.39, 0.29) is 0 Å². The number of rotatable bonds is 1. The average molecular weight is 201 g/mol. The van der Waals surface area contributed by atoms with Crippen molar-refractivity contribution in [3.05, 3.63) is 29.8 Å². The molecule has 1 heteroatoms. The summed E-state index contributed by atoms with van der Waals surface area (Å²) < 4.78 is 0. The Kier molecular flexibility index (Phi) is 2.01. The minimum atomic E-state index is 0.754. The Morgan fingerprint density at radius 3 is 2.67 bits per heavy atom. The van der Waals surface area contributed by atoms with Crippen LogP contribution in [0.25, 0.3) is 0 Å². The molecule has 1 heterocycles. The van der Waals surface area contributed by atoms with E-state index in [4.69, 9.17) is 0 Å². The number of anilines is 1. The normalized spacial score (nSPS) is 33.7. The Hall–Kier alpha value is -0.980. The molecule has 2 aliphatic rings. The van der Waals surface area contributed by atoms with E-state index in [9.17, 15) is 0 Å². The van der Waals surface area contributed by atoms with Gasteiger partial charge in [0.05, 0.1) is 0 Å². The summed E-state index contributed by atoms with van der Waals surface area (Å²) in [5.41, 5.74) is 2.90. The molecule has 2 fully saturated rings. The molecule has 0 aromatic heterocycles. The van der Waals surface area contributed by atoms with Crippen LogP contribution in [-0.4, -0.2) is 12.1 Å². The van der Waals surface area contributed by atoms with Gasteiger partial charge in [-0.3, -0.25) is 0 Å². The summed E-state index contributed by atoms with van der Waals surface area (Å²) in [6.07, 6.45) is 4.28. The number of nitrogens with zero attached hydrogens (tertiary/aromatic N) is 1. The summed E-state index contributed by atoms with van der Waals surface area (Å²) in [6, 6.07) is 10.4. The van der Waals surface area contributed by atoms with Gasteiger partial charge in [0.15, 0.2) is 0 Å². The van der Waals surface area contributed by atoms with Crippen molar-refractivity contribution < 1.29 is 0 Å². The predicted octanol–water partition coefficient (Wildman–Crippen LogP) is 3.37. The van der Waals surface area contributed by atoms with E-state index in [1.165, 1.54) is 30.5 Å². The molecule has 1 aromatic rings. The van der Waals surface area contributed by atoms with Crippen LogP contribution >= 0.6 is 0 Å². The van der Waals surface area contributed by atoms with E-state index in [0.717, 1.165) is 18.0 Å². The third-order valence-corrected chi connectivity index (χ3v) is 4.35. The fraction of sp³-hybridized carbons (Fsp3) is 0.571. The van der Waals surface area contributed by atoms with Crippen LogP contribution in [0.15, 0.2) is 24.3 Å². The zero-order chi connectivity index (χ0) is 10.4. The first-order valence-electron chi connectivity index (χ1n) is 6.11. The topological polar surface area (TPSA) is 3.24 Å². The highest BCUT2D eigenvalue weighted by Crippen LogP contribution is 2.45. The zero-order valence-corrected chi connectivity index (χ0v) is 9.61. The van der Waals surface area contributed by atoms with Crippen molar-refractivity contribution in [3.63, 3.8) is 0 Å². The lowest BCUT2D eigenvalue weighted by Gasteiger charge is -2.36. The van der Waals surface area contributed by atoms with Crippen LogP contribution in [0.1, 0.15) is 31.7 Å². The standard InChI is InChI=1S/C14H19N/c1-10-5-3-4-6-14(10)15-11(2)12-7-8-13(15)9-12/h3-6,11-13H,7-9H2,1-2H3/t11-,12?,13?/m0/s1. The third kappa shape index (κ3) is 1.29. The zero-order valence-electron chi connectivity index (χ0n) is 9.61. The molecule has 3 rings (SSSR count). The van der Waals surface area contributed by atoms with Crippen molar-refractivity contribution in [1.82, 2.24) is 0 Å². The van der Waals surface area contributed by atoms with E-state index in [1.54, 1.807) is 0 Å². The van der Waals surface area contributed by atoms with E-state index < -0.39 is 0 Å². The second kappa shape index (κ2) is 3.26. The second-order valence-corrected chi connectivity index (χ2v) is 5.16. The molecule has 3 atom stereocenters. The Morgan fingerprint density at radius 1 is 1.20 bits per heavy atom. The highest BCUT2D eigenvalue weighted by Gasteiger charge is 2.43. The maximum absolute atomic E-state index is 2.67. The Balaban J connectivity index is 1.98. The summed E-state index contributed by atoms with van der Waals surface area (Å²) >= 11 is 0. The van der Waals surface area contributed by atoms with Crippen molar-refractivity contribution in [2.24, 2.45) is 5.92 Å². The van der Waals surface area contributed by atoms with Crippen LogP contribution in [0.5, 0.6) is 0 Å². The van der Waals surface area contributed by atoms with Crippen LogP contribution in [0.3, 0.4) is 0 Å².